The maximum absolute atomic E-state index is 12.1. The zero-order chi connectivity index (χ0) is 21.3. The molecule has 3 rings (SSSR count). The lowest BCUT2D eigenvalue weighted by Gasteiger charge is -2.09. The minimum atomic E-state index is -0.307. The van der Waals surface area contributed by atoms with E-state index in [9.17, 15) is 9.59 Å². The first-order valence-electron chi connectivity index (χ1n) is 9.19. The van der Waals surface area contributed by atoms with Gasteiger partial charge in [-0.05, 0) is 76.4 Å². The topological polar surface area (TPSA) is 79.8 Å². The molecule has 30 heavy (non-hydrogen) atoms. The predicted octanol–water partition coefficient (Wildman–Crippen LogP) is 4.54. The number of rotatable bonds is 7. The molecule has 0 spiro atoms. The van der Waals surface area contributed by atoms with Gasteiger partial charge in [-0.3, -0.25) is 9.59 Å². The van der Waals surface area contributed by atoms with Crippen molar-refractivity contribution in [3.8, 4) is 5.75 Å². The maximum atomic E-state index is 12.1. The molecule has 0 aliphatic carbocycles. The summed E-state index contributed by atoms with van der Waals surface area (Å²) in [5.41, 5.74) is 5.52. The van der Waals surface area contributed by atoms with E-state index in [1.807, 2.05) is 37.3 Å². The summed E-state index contributed by atoms with van der Waals surface area (Å²) in [6, 6.07) is 21.7. The number of anilines is 1. The van der Waals surface area contributed by atoms with Crippen LogP contribution in [0.15, 0.2) is 82.4 Å². The Hall–Kier alpha value is -3.45. The van der Waals surface area contributed by atoms with Crippen molar-refractivity contribution in [2.75, 3.05) is 11.9 Å². The van der Waals surface area contributed by atoms with Crippen LogP contribution in [0.25, 0.3) is 0 Å². The highest BCUT2D eigenvalue weighted by Crippen LogP contribution is 2.16. The van der Waals surface area contributed by atoms with Crippen LogP contribution in [0.2, 0.25) is 0 Å². The minimum Gasteiger partial charge on any atom is -0.484 e. The summed E-state index contributed by atoms with van der Waals surface area (Å²) in [6.07, 6.45) is 1.53. The highest BCUT2D eigenvalue weighted by Gasteiger charge is 2.08. The maximum Gasteiger partial charge on any atom is 0.272 e. The number of nitrogens with zero attached hydrogens (tertiary/aromatic N) is 1. The van der Waals surface area contributed by atoms with Gasteiger partial charge in [0.15, 0.2) is 6.61 Å². The van der Waals surface area contributed by atoms with Crippen molar-refractivity contribution in [1.82, 2.24) is 5.43 Å². The molecule has 7 heteroatoms. The third-order valence-corrected chi connectivity index (χ3v) is 4.86. The van der Waals surface area contributed by atoms with Crippen molar-refractivity contribution >= 4 is 39.6 Å². The number of hydrogen-bond donors (Lipinski definition) is 2. The molecule has 3 aromatic rings. The van der Waals surface area contributed by atoms with Gasteiger partial charge in [-0.2, -0.15) is 5.10 Å². The quantitative estimate of drug-likeness (QED) is 0.397. The molecule has 0 radical (unpaired) electrons. The van der Waals surface area contributed by atoms with Gasteiger partial charge < -0.3 is 10.1 Å². The van der Waals surface area contributed by atoms with Crippen LogP contribution >= 0.6 is 15.9 Å². The summed E-state index contributed by atoms with van der Waals surface area (Å²) in [4.78, 5) is 24.1. The Morgan fingerprint density at radius 1 is 1.00 bits per heavy atom. The molecule has 0 aliphatic heterocycles. The number of amides is 2. The Balaban J connectivity index is 1.48. The lowest BCUT2D eigenvalue weighted by atomic mass is 10.2. The van der Waals surface area contributed by atoms with Crippen molar-refractivity contribution in [3.63, 3.8) is 0 Å². The van der Waals surface area contributed by atoms with Crippen molar-refractivity contribution in [2.24, 2.45) is 5.10 Å². The van der Waals surface area contributed by atoms with E-state index < -0.39 is 0 Å². The van der Waals surface area contributed by atoms with E-state index in [0.29, 0.717) is 15.8 Å². The molecule has 0 bridgehead atoms. The predicted molar refractivity (Wildman–Crippen MR) is 121 cm³/mol. The first-order chi connectivity index (χ1) is 14.5. The Bertz CT molecular complexity index is 1070. The third kappa shape index (κ3) is 6.02. The van der Waals surface area contributed by atoms with Crippen LogP contribution in [0.5, 0.6) is 5.75 Å². The zero-order valence-electron chi connectivity index (χ0n) is 16.3. The van der Waals surface area contributed by atoms with Crippen LogP contribution in [0, 0.1) is 6.92 Å². The van der Waals surface area contributed by atoms with Crippen LogP contribution in [0.1, 0.15) is 21.5 Å². The third-order valence-electron chi connectivity index (χ3n) is 4.17. The van der Waals surface area contributed by atoms with Crippen molar-refractivity contribution in [1.29, 1.82) is 0 Å². The van der Waals surface area contributed by atoms with Crippen LogP contribution < -0.4 is 15.5 Å². The Morgan fingerprint density at radius 3 is 2.43 bits per heavy atom. The fourth-order valence-electron chi connectivity index (χ4n) is 2.57. The number of hydrazone groups is 1. The molecule has 152 valence electrons. The second kappa shape index (κ2) is 10.4. The average molecular weight is 466 g/mol. The first kappa shape index (κ1) is 21.3. The highest BCUT2D eigenvalue weighted by atomic mass is 79.9. The van der Waals surface area contributed by atoms with E-state index in [1.165, 1.54) is 6.21 Å². The number of benzene rings is 3. The summed E-state index contributed by atoms with van der Waals surface area (Å²) >= 11 is 3.33. The van der Waals surface area contributed by atoms with Crippen LogP contribution in [-0.4, -0.2) is 24.6 Å². The average Bonchev–Trinajstić information content (AvgIpc) is 2.75. The Morgan fingerprint density at radius 2 is 1.70 bits per heavy atom. The van der Waals surface area contributed by atoms with Crippen molar-refractivity contribution in [3.05, 3.63) is 94.0 Å². The fourth-order valence-corrected chi connectivity index (χ4v) is 3.03. The highest BCUT2D eigenvalue weighted by molar-refractivity contribution is 9.10. The lowest BCUT2D eigenvalue weighted by Crippen LogP contribution is -2.20. The number of carbonyl (C=O) groups is 2. The van der Waals surface area contributed by atoms with E-state index in [0.717, 1.165) is 16.8 Å². The number of ether oxygens (including phenoxy) is 1. The Kier molecular flexibility index (Phi) is 7.34. The van der Waals surface area contributed by atoms with Crippen LogP contribution in [-0.2, 0) is 4.79 Å². The fraction of sp³-hybridized carbons (Fsp3) is 0.0870. The number of hydrogen-bond acceptors (Lipinski definition) is 4. The molecule has 0 unspecified atom stereocenters. The van der Waals surface area contributed by atoms with E-state index in [1.54, 1.807) is 42.5 Å². The van der Waals surface area contributed by atoms with Gasteiger partial charge >= 0.3 is 0 Å². The van der Waals surface area contributed by atoms with E-state index in [4.69, 9.17) is 4.74 Å². The number of nitrogens with one attached hydrogen (secondary N) is 2. The molecule has 0 fully saturated rings. The number of halogens is 1. The molecule has 0 atom stereocenters. The van der Waals surface area contributed by atoms with E-state index in [-0.39, 0.29) is 18.4 Å². The number of carbonyl (C=O) groups excluding carboxylic acids is 2. The number of para-hydroxylation sites is 1. The lowest BCUT2D eigenvalue weighted by molar-refractivity contribution is -0.118. The van der Waals surface area contributed by atoms with Crippen LogP contribution in [0.4, 0.5) is 5.69 Å². The molecular weight excluding hydrogens is 446 g/mol. The minimum absolute atomic E-state index is 0.0935. The summed E-state index contributed by atoms with van der Waals surface area (Å²) in [5.74, 6) is 0.0207. The van der Waals surface area contributed by atoms with E-state index in [2.05, 4.69) is 31.8 Å². The molecule has 0 heterocycles. The summed E-state index contributed by atoms with van der Waals surface area (Å²) in [5, 5.41) is 6.79. The van der Waals surface area contributed by atoms with Gasteiger partial charge in [-0.25, -0.2) is 5.43 Å². The van der Waals surface area contributed by atoms with Crippen LogP contribution in [0.3, 0.4) is 0 Å². The second-order valence-electron chi connectivity index (χ2n) is 6.40. The second-order valence-corrected chi connectivity index (χ2v) is 7.25. The van der Waals surface area contributed by atoms with Gasteiger partial charge in [0, 0.05) is 10.2 Å². The molecule has 2 N–H and O–H groups in total. The van der Waals surface area contributed by atoms with Gasteiger partial charge in [0.05, 0.1) is 11.8 Å². The summed E-state index contributed by atoms with van der Waals surface area (Å²) in [7, 11) is 0. The van der Waals surface area contributed by atoms with Gasteiger partial charge in [0.1, 0.15) is 5.75 Å². The molecule has 2 amide bonds. The Labute approximate surface area is 183 Å². The standard InChI is InChI=1S/C23H20BrN3O3/c1-16-6-2-5-9-21(16)26-22(28)15-30-18-12-10-17(11-13-18)14-25-27-23(29)19-7-3-4-8-20(19)24/h2-14H,15H2,1H3,(H,26,28)(H,27,29)/b25-14-. The molecular formula is C23H20BrN3O3. The van der Waals surface area contributed by atoms with Crippen molar-refractivity contribution < 1.29 is 14.3 Å². The van der Waals surface area contributed by atoms with Crippen molar-refractivity contribution in [2.45, 2.75) is 6.92 Å². The molecule has 0 aromatic heterocycles. The molecule has 0 saturated heterocycles. The monoisotopic (exact) mass is 465 g/mol. The number of aryl methyl sites for hydroxylation is 1. The summed E-state index contributed by atoms with van der Waals surface area (Å²) < 4.78 is 6.22. The first-order valence-corrected chi connectivity index (χ1v) is 9.98. The molecule has 0 saturated carbocycles. The molecule has 3 aromatic carbocycles. The van der Waals surface area contributed by atoms with Gasteiger partial charge in [0.25, 0.3) is 11.8 Å². The van der Waals surface area contributed by atoms with Gasteiger partial charge in [0.2, 0.25) is 0 Å². The molecule has 0 aliphatic rings. The van der Waals surface area contributed by atoms with E-state index >= 15 is 0 Å². The summed E-state index contributed by atoms with van der Waals surface area (Å²) in [6.45, 7) is 1.83. The van der Waals surface area contributed by atoms with Gasteiger partial charge in [-0.15, -0.1) is 0 Å². The largest absolute Gasteiger partial charge is 0.484 e. The smallest absolute Gasteiger partial charge is 0.272 e. The SMILES string of the molecule is Cc1ccccc1NC(=O)COc1ccc(/C=N\NC(=O)c2ccccc2Br)cc1. The molecule has 6 nitrogen and oxygen atoms in total. The zero-order valence-corrected chi connectivity index (χ0v) is 17.8. The van der Waals surface area contributed by atoms with Gasteiger partial charge in [-0.1, -0.05) is 30.3 Å². The normalized spacial score (nSPS) is 10.6.